The highest BCUT2D eigenvalue weighted by Gasteiger charge is 2.26. The number of hydrogen-bond acceptors (Lipinski definition) is 4. The van der Waals surface area contributed by atoms with Gasteiger partial charge in [-0.25, -0.2) is 9.59 Å². The zero-order chi connectivity index (χ0) is 19.2. The van der Waals surface area contributed by atoms with E-state index < -0.39 is 6.16 Å². The maximum Gasteiger partial charge on any atom is 0.511 e. The van der Waals surface area contributed by atoms with Gasteiger partial charge in [0, 0.05) is 5.56 Å². The monoisotopic (exact) mass is 368 g/mol. The average Bonchev–Trinajstić information content (AvgIpc) is 2.68. The molecule has 5 heteroatoms. The molecule has 2 aromatic carbocycles. The Labute approximate surface area is 158 Å². The Morgan fingerprint density at radius 2 is 1.70 bits per heavy atom. The van der Waals surface area contributed by atoms with Gasteiger partial charge < -0.3 is 14.6 Å². The van der Waals surface area contributed by atoms with Gasteiger partial charge in [0.1, 0.15) is 5.75 Å². The largest absolute Gasteiger partial charge is 0.511 e. The lowest BCUT2D eigenvalue weighted by Crippen LogP contribution is -2.12. The van der Waals surface area contributed by atoms with E-state index >= 15 is 0 Å². The lowest BCUT2D eigenvalue weighted by atomic mass is 9.79. The second-order valence-corrected chi connectivity index (χ2v) is 6.69. The number of benzene rings is 2. The predicted octanol–water partition coefficient (Wildman–Crippen LogP) is 5.63. The van der Waals surface area contributed by atoms with Crippen molar-refractivity contribution in [1.82, 2.24) is 0 Å². The second kappa shape index (κ2) is 8.71. The molecule has 0 amide bonds. The van der Waals surface area contributed by atoms with Crippen molar-refractivity contribution in [2.45, 2.75) is 44.9 Å². The van der Waals surface area contributed by atoms with Crippen LogP contribution in [0.15, 0.2) is 42.5 Å². The molecule has 1 aliphatic carbocycles. The first-order chi connectivity index (χ1) is 13.1. The fraction of sp³-hybridized carbons (Fsp3) is 0.364. The summed E-state index contributed by atoms with van der Waals surface area (Å²) in [6.07, 6.45) is 4.02. The molecule has 1 N–H and O–H groups in total. The fourth-order valence-electron chi connectivity index (χ4n) is 3.88. The molecule has 0 unspecified atom stereocenters. The normalized spacial score (nSPS) is 14.6. The van der Waals surface area contributed by atoms with Crippen molar-refractivity contribution in [2.75, 3.05) is 6.61 Å². The number of carbonyl (C=O) groups excluding carboxylic acids is 1. The van der Waals surface area contributed by atoms with Crippen molar-refractivity contribution in [3.63, 3.8) is 0 Å². The molecule has 0 spiro atoms. The summed E-state index contributed by atoms with van der Waals surface area (Å²) in [6.45, 7) is 2.07. The number of rotatable bonds is 5. The molecule has 1 saturated carbocycles. The SMILES string of the molecule is CCOC(=O)c1ccccc1-c1cccc(OC(=O)O)c1C1CCCCC1. The Morgan fingerprint density at radius 1 is 1.00 bits per heavy atom. The van der Waals surface area contributed by atoms with Crippen LogP contribution < -0.4 is 4.74 Å². The third-order valence-electron chi connectivity index (χ3n) is 4.99. The van der Waals surface area contributed by atoms with Gasteiger partial charge in [-0.05, 0) is 48.9 Å². The Hall–Kier alpha value is -2.82. The van der Waals surface area contributed by atoms with Crippen LogP contribution in [0.1, 0.15) is 60.9 Å². The molecule has 0 saturated heterocycles. The van der Waals surface area contributed by atoms with Gasteiger partial charge in [0.2, 0.25) is 0 Å². The minimum Gasteiger partial charge on any atom is -0.462 e. The number of ether oxygens (including phenoxy) is 2. The molecule has 1 fully saturated rings. The second-order valence-electron chi connectivity index (χ2n) is 6.69. The molecule has 5 nitrogen and oxygen atoms in total. The van der Waals surface area contributed by atoms with E-state index in [9.17, 15) is 9.59 Å². The Balaban J connectivity index is 2.15. The standard InChI is InChI=1S/C22H24O5/c1-2-26-21(23)18-12-7-6-11-16(18)17-13-8-14-19(27-22(24)25)20(17)15-9-4-3-5-10-15/h6-8,11-15H,2-5,9-10H2,1H3,(H,24,25). The molecular formula is C22H24O5. The van der Waals surface area contributed by atoms with Crippen molar-refractivity contribution in [3.05, 3.63) is 53.6 Å². The molecule has 0 atom stereocenters. The Kier molecular flexibility index (Phi) is 6.12. The topological polar surface area (TPSA) is 72.8 Å². The van der Waals surface area contributed by atoms with Crippen molar-refractivity contribution in [1.29, 1.82) is 0 Å². The van der Waals surface area contributed by atoms with E-state index in [-0.39, 0.29) is 11.9 Å². The highest BCUT2D eigenvalue weighted by Crippen LogP contribution is 2.43. The van der Waals surface area contributed by atoms with Crippen LogP contribution in [0.5, 0.6) is 5.75 Å². The molecule has 0 aliphatic heterocycles. The fourth-order valence-corrected chi connectivity index (χ4v) is 3.88. The van der Waals surface area contributed by atoms with Crippen molar-refractivity contribution in [2.24, 2.45) is 0 Å². The van der Waals surface area contributed by atoms with Gasteiger partial charge in [-0.15, -0.1) is 0 Å². The van der Waals surface area contributed by atoms with Gasteiger partial charge >= 0.3 is 12.1 Å². The third kappa shape index (κ3) is 4.30. The van der Waals surface area contributed by atoms with Crippen molar-refractivity contribution < 1.29 is 24.2 Å². The van der Waals surface area contributed by atoms with Crippen LogP contribution in [0.2, 0.25) is 0 Å². The van der Waals surface area contributed by atoms with Gasteiger partial charge in [-0.2, -0.15) is 0 Å². The summed E-state index contributed by atoms with van der Waals surface area (Å²) in [5.41, 5.74) is 2.93. The van der Waals surface area contributed by atoms with Crippen LogP contribution in [0.3, 0.4) is 0 Å². The summed E-state index contributed by atoms with van der Waals surface area (Å²) in [6, 6.07) is 12.7. The number of hydrogen-bond donors (Lipinski definition) is 1. The molecule has 27 heavy (non-hydrogen) atoms. The minimum absolute atomic E-state index is 0.208. The third-order valence-corrected chi connectivity index (χ3v) is 4.99. The highest BCUT2D eigenvalue weighted by atomic mass is 16.7. The maximum absolute atomic E-state index is 12.4. The molecule has 1 aliphatic rings. The van der Waals surface area contributed by atoms with E-state index in [1.54, 1.807) is 31.2 Å². The van der Waals surface area contributed by atoms with Gasteiger partial charge in [-0.1, -0.05) is 49.6 Å². The zero-order valence-electron chi connectivity index (χ0n) is 15.4. The molecule has 3 rings (SSSR count). The van der Waals surface area contributed by atoms with E-state index in [2.05, 4.69) is 0 Å². The van der Waals surface area contributed by atoms with E-state index in [0.29, 0.717) is 17.9 Å². The average molecular weight is 368 g/mol. The number of esters is 1. The van der Waals surface area contributed by atoms with Crippen molar-refractivity contribution >= 4 is 12.1 Å². The van der Waals surface area contributed by atoms with Crippen LogP contribution in [0.25, 0.3) is 11.1 Å². The molecule has 0 heterocycles. The highest BCUT2D eigenvalue weighted by molar-refractivity contribution is 5.98. The van der Waals surface area contributed by atoms with Crippen LogP contribution in [-0.2, 0) is 4.74 Å². The van der Waals surface area contributed by atoms with E-state index in [1.165, 1.54) is 6.42 Å². The summed E-state index contributed by atoms with van der Waals surface area (Å²) in [5, 5.41) is 9.17. The molecule has 0 aromatic heterocycles. The zero-order valence-corrected chi connectivity index (χ0v) is 15.4. The van der Waals surface area contributed by atoms with E-state index in [1.807, 2.05) is 18.2 Å². The van der Waals surface area contributed by atoms with Crippen LogP contribution in [0, 0.1) is 0 Å². The number of carbonyl (C=O) groups is 2. The van der Waals surface area contributed by atoms with Crippen LogP contribution in [0.4, 0.5) is 4.79 Å². The molecule has 0 radical (unpaired) electrons. The maximum atomic E-state index is 12.4. The summed E-state index contributed by atoms with van der Waals surface area (Å²) >= 11 is 0. The summed E-state index contributed by atoms with van der Waals surface area (Å²) in [5.74, 6) is 0.178. The lowest BCUT2D eigenvalue weighted by Gasteiger charge is -2.26. The summed E-state index contributed by atoms with van der Waals surface area (Å²) in [7, 11) is 0. The first-order valence-electron chi connectivity index (χ1n) is 9.42. The van der Waals surface area contributed by atoms with Gasteiger partial charge in [0.15, 0.2) is 0 Å². The molecular weight excluding hydrogens is 344 g/mol. The van der Waals surface area contributed by atoms with Crippen LogP contribution >= 0.6 is 0 Å². The molecule has 142 valence electrons. The summed E-state index contributed by atoms with van der Waals surface area (Å²) in [4.78, 5) is 23.7. The van der Waals surface area contributed by atoms with Gasteiger partial charge in [0.25, 0.3) is 0 Å². The summed E-state index contributed by atoms with van der Waals surface area (Å²) < 4.78 is 10.3. The van der Waals surface area contributed by atoms with E-state index in [0.717, 1.165) is 42.4 Å². The minimum atomic E-state index is -1.33. The predicted molar refractivity (Wildman–Crippen MR) is 102 cm³/mol. The smallest absolute Gasteiger partial charge is 0.462 e. The Bertz CT molecular complexity index is 821. The molecule has 2 aromatic rings. The van der Waals surface area contributed by atoms with Gasteiger partial charge in [0.05, 0.1) is 12.2 Å². The van der Waals surface area contributed by atoms with Gasteiger partial charge in [-0.3, -0.25) is 0 Å². The van der Waals surface area contributed by atoms with E-state index in [4.69, 9.17) is 14.6 Å². The lowest BCUT2D eigenvalue weighted by molar-refractivity contribution is 0.0527. The first-order valence-corrected chi connectivity index (χ1v) is 9.42. The first kappa shape index (κ1) is 19.0. The number of carboxylic acid groups (broad SMARTS) is 1. The molecule has 0 bridgehead atoms. The quantitative estimate of drug-likeness (QED) is 0.546. The van der Waals surface area contributed by atoms with Crippen LogP contribution in [-0.4, -0.2) is 23.8 Å². The Morgan fingerprint density at radius 3 is 2.41 bits per heavy atom. The van der Waals surface area contributed by atoms with Crippen molar-refractivity contribution in [3.8, 4) is 16.9 Å².